The normalized spacial score (nSPS) is 10.4. The maximum absolute atomic E-state index is 13.7. The molecule has 0 fully saturated rings. The predicted molar refractivity (Wildman–Crippen MR) is 96.1 cm³/mol. The molecule has 1 heterocycles. The third kappa shape index (κ3) is 4.88. The van der Waals surface area contributed by atoms with Gasteiger partial charge in [0.1, 0.15) is 11.6 Å². The zero-order valence-electron chi connectivity index (χ0n) is 13.7. The minimum atomic E-state index is -0.854. The smallest absolute Gasteiger partial charge is 0.305 e. The SMILES string of the molecule is O=C(CSc1n[nH]c(-c2ccccc2F)n1)NC(=O)Nc1ccccc1F. The Hall–Kier alpha value is -3.27. The molecule has 138 valence electrons. The number of nitrogens with one attached hydrogen (secondary N) is 3. The average Bonchev–Trinajstić information content (AvgIpc) is 3.11. The zero-order valence-corrected chi connectivity index (χ0v) is 14.5. The number of thioether (sulfide) groups is 1. The van der Waals surface area contributed by atoms with Crippen molar-refractivity contribution in [2.45, 2.75) is 5.16 Å². The van der Waals surface area contributed by atoms with E-state index in [4.69, 9.17) is 0 Å². The van der Waals surface area contributed by atoms with Gasteiger partial charge >= 0.3 is 6.03 Å². The number of nitrogens with zero attached hydrogens (tertiary/aromatic N) is 2. The van der Waals surface area contributed by atoms with Crippen LogP contribution in [-0.2, 0) is 4.79 Å². The van der Waals surface area contributed by atoms with Gasteiger partial charge in [-0.05, 0) is 24.3 Å². The van der Waals surface area contributed by atoms with Gasteiger partial charge in [0, 0.05) is 0 Å². The molecule has 3 N–H and O–H groups in total. The van der Waals surface area contributed by atoms with Gasteiger partial charge < -0.3 is 5.32 Å². The first-order valence-electron chi connectivity index (χ1n) is 7.68. The number of urea groups is 1. The Morgan fingerprint density at radius 2 is 1.74 bits per heavy atom. The molecule has 0 atom stereocenters. The van der Waals surface area contributed by atoms with Gasteiger partial charge in [-0.1, -0.05) is 36.0 Å². The number of para-hydroxylation sites is 1. The standard InChI is InChI=1S/C17H13F2N5O2S/c18-11-6-2-1-5-10(11)15-22-17(24-23-15)27-9-14(25)21-16(26)20-13-8-4-3-7-12(13)19/h1-8H,9H2,(H,22,23,24)(H2,20,21,25,26). The van der Waals surface area contributed by atoms with Crippen molar-refractivity contribution in [3.05, 3.63) is 60.2 Å². The Bertz CT molecular complexity index is 979. The van der Waals surface area contributed by atoms with Crippen LogP contribution >= 0.6 is 11.8 Å². The van der Waals surface area contributed by atoms with Crippen LogP contribution in [0.2, 0.25) is 0 Å². The van der Waals surface area contributed by atoms with Gasteiger partial charge in [0.05, 0.1) is 17.0 Å². The summed E-state index contributed by atoms with van der Waals surface area (Å²) in [5.41, 5.74) is 0.213. The van der Waals surface area contributed by atoms with E-state index in [0.29, 0.717) is 0 Å². The summed E-state index contributed by atoms with van der Waals surface area (Å²) in [6, 6.07) is 10.8. The maximum Gasteiger partial charge on any atom is 0.325 e. The number of carbonyl (C=O) groups is 2. The van der Waals surface area contributed by atoms with Crippen molar-refractivity contribution in [1.29, 1.82) is 0 Å². The molecule has 0 radical (unpaired) electrons. The largest absolute Gasteiger partial charge is 0.325 e. The minimum absolute atomic E-state index is 0.0426. The average molecular weight is 389 g/mol. The highest BCUT2D eigenvalue weighted by molar-refractivity contribution is 7.99. The molecule has 0 saturated heterocycles. The fourth-order valence-electron chi connectivity index (χ4n) is 2.09. The number of aromatic nitrogens is 3. The Balaban J connectivity index is 1.52. The number of hydrogen-bond donors (Lipinski definition) is 3. The van der Waals surface area contributed by atoms with Crippen LogP contribution in [0.1, 0.15) is 0 Å². The fourth-order valence-corrected chi connectivity index (χ4v) is 2.69. The molecule has 0 spiro atoms. The van der Waals surface area contributed by atoms with Crippen molar-refractivity contribution >= 4 is 29.4 Å². The molecule has 0 bridgehead atoms. The second-order valence-electron chi connectivity index (χ2n) is 5.22. The lowest BCUT2D eigenvalue weighted by Crippen LogP contribution is -2.35. The monoisotopic (exact) mass is 389 g/mol. The predicted octanol–water partition coefficient (Wildman–Crippen LogP) is 3.19. The number of rotatable bonds is 5. The van der Waals surface area contributed by atoms with Gasteiger partial charge in [-0.2, -0.15) is 0 Å². The molecule has 0 saturated carbocycles. The van der Waals surface area contributed by atoms with Crippen LogP contribution in [0.25, 0.3) is 11.4 Å². The lowest BCUT2D eigenvalue weighted by atomic mass is 10.2. The Morgan fingerprint density at radius 3 is 2.48 bits per heavy atom. The Kier molecular flexibility index (Phi) is 5.77. The van der Waals surface area contributed by atoms with Gasteiger partial charge in [0.25, 0.3) is 0 Å². The molecular weight excluding hydrogens is 376 g/mol. The van der Waals surface area contributed by atoms with Gasteiger partial charge in [-0.15, -0.1) is 5.10 Å². The first-order chi connectivity index (χ1) is 13.0. The zero-order chi connectivity index (χ0) is 19.2. The summed E-state index contributed by atoms with van der Waals surface area (Å²) in [6.45, 7) is 0. The van der Waals surface area contributed by atoms with Gasteiger partial charge in [-0.3, -0.25) is 15.2 Å². The van der Waals surface area contributed by atoms with E-state index < -0.39 is 23.6 Å². The first-order valence-corrected chi connectivity index (χ1v) is 8.67. The molecule has 10 heteroatoms. The number of imide groups is 1. The summed E-state index contributed by atoms with van der Waals surface area (Å²) in [4.78, 5) is 27.6. The van der Waals surface area contributed by atoms with Crippen molar-refractivity contribution in [3.63, 3.8) is 0 Å². The van der Waals surface area contributed by atoms with Crippen LogP contribution in [0.5, 0.6) is 0 Å². The molecule has 7 nitrogen and oxygen atoms in total. The number of hydrogen-bond acceptors (Lipinski definition) is 5. The van der Waals surface area contributed by atoms with E-state index in [1.165, 1.54) is 24.3 Å². The van der Waals surface area contributed by atoms with Gasteiger partial charge in [0.2, 0.25) is 11.1 Å². The summed E-state index contributed by atoms with van der Waals surface area (Å²) in [7, 11) is 0. The second kappa shape index (κ2) is 8.41. The van der Waals surface area contributed by atoms with E-state index in [1.807, 2.05) is 0 Å². The van der Waals surface area contributed by atoms with E-state index in [0.717, 1.165) is 11.8 Å². The molecule has 1 aromatic heterocycles. The van der Waals surface area contributed by atoms with Crippen LogP contribution in [0, 0.1) is 11.6 Å². The minimum Gasteiger partial charge on any atom is -0.305 e. The van der Waals surface area contributed by atoms with E-state index >= 15 is 0 Å². The highest BCUT2D eigenvalue weighted by Gasteiger charge is 2.14. The van der Waals surface area contributed by atoms with E-state index in [-0.39, 0.29) is 28.0 Å². The lowest BCUT2D eigenvalue weighted by Gasteiger charge is -2.06. The van der Waals surface area contributed by atoms with Crippen molar-refractivity contribution in [2.24, 2.45) is 0 Å². The topological polar surface area (TPSA) is 99.8 Å². The molecule has 27 heavy (non-hydrogen) atoms. The summed E-state index contributed by atoms with van der Waals surface area (Å²) in [5, 5.41) is 11.0. The number of anilines is 1. The van der Waals surface area contributed by atoms with Crippen LogP contribution in [0.3, 0.4) is 0 Å². The lowest BCUT2D eigenvalue weighted by molar-refractivity contribution is -0.117. The number of benzene rings is 2. The first kappa shape index (κ1) is 18.5. The molecule has 3 rings (SSSR count). The number of carbonyl (C=O) groups excluding carboxylic acids is 2. The fraction of sp³-hybridized carbons (Fsp3) is 0.0588. The van der Waals surface area contributed by atoms with Crippen molar-refractivity contribution in [1.82, 2.24) is 20.5 Å². The molecular formula is C17H13F2N5O2S. The molecule has 3 amide bonds. The number of amides is 3. The quantitative estimate of drug-likeness (QED) is 0.582. The summed E-state index contributed by atoms with van der Waals surface area (Å²) in [5.74, 6) is -1.61. The molecule has 0 aliphatic rings. The van der Waals surface area contributed by atoms with E-state index in [1.54, 1.807) is 24.3 Å². The molecule has 0 aliphatic carbocycles. The molecule has 2 aromatic carbocycles. The van der Waals surface area contributed by atoms with Crippen molar-refractivity contribution in [2.75, 3.05) is 11.1 Å². The van der Waals surface area contributed by atoms with Gasteiger partial charge in [-0.25, -0.2) is 18.6 Å². The molecule has 0 aliphatic heterocycles. The highest BCUT2D eigenvalue weighted by Crippen LogP contribution is 2.21. The Labute approximate surface area is 156 Å². The van der Waals surface area contributed by atoms with Crippen LogP contribution in [0.4, 0.5) is 19.3 Å². The molecule has 0 unspecified atom stereocenters. The second-order valence-corrected chi connectivity index (χ2v) is 6.16. The van der Waals surface area contributed by atoms with Crippen LogP contribution in [-0.4, -0.2) is 32.9 Å². The van der Waals surface area contributed by atoms with Gasteiger partial charge in [0.15, 0.2) is 5.82 Å². The van der Waals surface area contributed by atoms with Crippen molar-refractivity contribution < 1.29 is 18.4 Å². The molecule has 3 aromatic rings. The maximum atomic E-state index is 13.7. The van der Waals surface area contributed by atoms with Crippen molar-refractivity contribution in [3.8, 4) is 11.4 Å². The third-order valence-electron chi connectivity index (χ3n) is 3.30. The third-order valence-corrected chi connectivity index (χ3v) is 4.15. The summed E-state index contributed by atoms with van der Waals surface area (Å²) < 4.78 is 27.2. The summed E-state index contributed by atoms with van der Waals surface area (Å²) in [6.07, 6.45) is 0. The number of aromatic amines is 1. The van der Waals surface area contributed by atoms with Crippen LogP contribution < -0.4 is 10.6 Å². The summed E-state index contributed by atoms with van der Waals surface area (Å²) >= 11 is 0.959. The van der Waals surface area contributed by atoms with Crippen LogP contribution in [0.15, 0.2) is 53.7 Å². The van der Waals surface area contributed by atoms with E-state index in [9.17, 15) is 18.4 Å². The number of H-pyrrole nitrogens is 1. The number of halogens is 2. The highest BCUT2D eigenvalue weighted by atomic mass is 32.2. The van der Waals surface area contributed by atoms with E-state index in [2.05, 4.69) is 25.8 Å². The Morgan fingerprint density at radius 1 is 1.04 bits per heavy atom.